The van der Waals surface area contributed by atoms with Crippen molar-refractivity contribution in [2.24, 2.45) is 0 Å². The van der Waals surface area contributed by atoms with Crippen LogP contribution in [-0.2, 0) is 6.42 Å². The molecule has 0 aromatic heterocycles. The van der Waals surface area contributed by atoms with Crippen molar-refractivity contribution in [3.8, 4) is 22.6 Å². The summed E-state index contributed by atoms with van der Waals surface area (Å²) < 4.78 is 0. The molecule has 0 aliphatic carbocycles. The fraction of sp³-hybridized carbons (Fsp3) is 0.294. The maximum absolute atomic E-state index is 10.1. The normalized spacial score (nSPS) is 10.6. The molecule has 0 saturated carbocycles. The molecule has 2 rings (SSSR count). The fourth-order valence-corrected chi connectivity index (χ4v) is 2.32. The summed E-state index contributed by atoms with van der Waals surface area (Å²) in [7, 11) is 0. The van der Waals surface area contributed by atoms with E-state index in [9.17, 15) is 10.2 Å². The van der Waals surface area contributed by atoms with Crippen molar-refractivity contribution in [3.05, 3.63) is 48.0 Å². The second kappa shape index (κ2) is 6.28. The Balaban J connectivity index is 2.40. The summed E-state index contributed by atoms with van der Waals surface area (Å²) in [6.45, 7) is 2.15. The molecule has 2 aromatic rings. The first-order valence-electron chi connectivity index (χ1n) is 6.83. The average molecular weight is 256 g/mol. The molecule has 2 N–H and O–H groups in total. The maximum Gasteiger partial charge on any atom is 0.161 e. The van der Waals surface area contributed by atoms with Gasteiger partial charge in [0.25, 0.3) is 0 Å². The topological polar surface area (TPSA) is 40.5 Å². The van der Waals surface area contributed by atoms with Crippen LogP contribution in [0.5, 0.6) is 11.5 Å². The van der Waals surface area contributed by atoms with Gasteiger partial charge in [0.05, 0.1) is 0 Å². The third-order valence-corrected chi connectivity index (χ3v) is 3.38. The molecule has 0 fully saturated rings. The molecule has 0 radical (unpaired) electrons. The quantitative estimate of drug-likeness (QED) is 0.611. The van der Waals surface area contributed by atoms with E-state index in [-0.39, 0.29) is 11.5 Å². The lowest BCUT2D eigenvalue weighted by Crippen LogP contribution is -1.92. The molecule has 0 saturated heterocycles. The van der Waals surface area contributed by atoms with Crippen LogP contribution in [0.3, 0.4) is 0 Å². The van der Waals surface area contributed by atoms with E-state index in [4.69, 9.17) is 0 Å². The van der Waals surface area contributed by atoms with Crippen LogP contribution in [-0.4, -0.2) is 10.2 Å². The van der Waals surface area contributed by atoms with Crippen LogP contribution in [0.2, 0.25) is 0 Å². The number of phenolic OH excluding ortho intramolecular Hbond substituents is 2. The molecule has 2 heteroatoms. The lowest BCUT2D eigenvalue weighted by Gasteiger charge is -2.13. The highest BCUT2D eigenvalue weighted by Gasteiger charge is 2.13. The highest BCUT2D eigenvalue weighted by atomic mass is 16.3. The average Bonchev–Trinajstić information content (AvgIpc) is 2.45. The Morgan fingerprint density at radius 2 is 1.63 bits per heavy atom. The predicted molar refractivity (Wildman–Crippen MR) is 78.4 cm³/mol. The minimum atomic E-state index is -0.0359. The van der Waals surface area contributed by atoms with E-state index < -0.39 is 0 Å². The number of phenols is 2. The van der Waals surface area contributed by atoms with Gasteiger partial charge in [-0.25, -0.2) is 0 Å². The van der Waals surface area contributed by atoms with Crippen molar-refractivity contribution in [1.29, 1.82) is 0 Å². The molecule has 0 spiro atoms. The highest BCUT2D eigenvalue weighted by molar-refractivity contribution is 5.72. The number of unbranched alkanes of at least 4 members (excludes halogenated alkanes) is 2. The molecule has 0 atom stereocenters. The summed E-state index contributed by atoms with van der Waals surface area (Å²) in [6, 6.07) is 13.4. The standard InChI is InChI=1S/C17H20O2/c1-2-3-5-10-15-14(11-12-16(18)17(15)19)13-8-6-4-7-9-13/h4,6-9,11-12,18-19H,2-3,5,10H2,1H3. The Hall–Kier alpha value is -1.96. The lowest BCUT2D eigenvalue weighted by molar-refractivity contribution is 0.399. The van der Waals surface area contributed by atoms with Gasteiger partial charge in [-0.05, 0) is 30.0 Å². The van der Waals surface area contributed by atoms with Crippen molar-refractivity contribution < 1.29 is 10.2 Å². The molecule has 0 heterocycles. The molecule has 100 valence electrons. The van der Waals surface area contributed by atoms with Crippen molar-refractivity contribution >= 4 is 0 Å². The summed E-state index contributed by atoms with van der Waals surface area (Å²) in [5.74, 6) is -0.0105. The molecular weight excluding hydrogens is 236 g/mol. The van der Waals surface area contributed by atoms with Gasteiger partial charge in [0, 0.05) is 5.56 Å². The zero-order valence-corrected chi connectivity index (χ0v) is 11.3. The van der Waals surface area contributed by atoms with Crippen LogP contribution in [0.1, 0.15) is 31.7 Å². The summed E-state index contributed by atoms with van der Waals surface area (Å²) in [6.07, 6.45) is 4.08. The molecule has 0 unspecified atom stereocenters. The summed E-state index contributed by atoms with van der Waals surface area (Å²) >= 11 is 0. The first-order valence-corrected chi connectivity index (χ1v) is 6.83. The van der Waals surface area contributed by atoms with E-state index in [0.29, 0.717) is 0 Å². The first-order chi connectivity index (χ1) is 9.24. The second-order valence-electron chi connectivity index (χ2n) is 4.78. The SMILES string of the molecule is CCCCCc1c(-c2ccccc2)ccc(O)c1O. The first kappa shape index (κ1) is 13.5. The molecule has 0 bridgehead atoms. The Kier molecular flexibility index (Phi) is 4.45. The van der Waals surface area contributed by atoms with Gasteiger partial charge in [0.2, 0.25) is 0 Å². The van der Waals surface area contributed by atoms with Crippen LogP contribution in [0, 0.1) is 0 Å². The Morgan fingerprint density at radius 1 is 0.895 bits per heavy atom. The lowest BCUT2D eigenvalue weighted by atomic mass is 9.94. The minimum absolute atomic E-state index is 0.0254. The third kappa shape index (κ3) is 3.08. The molecule has 0 amide bonds. The Morgan fingerprint density at radius 3 is 2.32 bits per heavy atom. The third-order valence-electron chi connectivity index (χ3n) is 3.38. The van der Waals surface area contributed by atoms with Gasteiger partial charge in [-0.2, -0.15) is 0 Å². The molecule has 19 heavy (non-hydrogen) atoms. The summed E-state index contributed by atoms with van der Waals surface area (Å²) in [4.78, 5) is 0. The van der Waals surface area contributed by atoms with Crippen molar-refractivity contribution in [1.82, 2.24) is 0 Å². The van der Waals surface area contributed by atoms with Gasteiger partial charge in [-0.3, -0.25) is 0 Å². The number of aromatic hydroxyl groups is 2. The number of rotatable bonds is 5. The van der Waals surface area contributed by atoms with Crippen molar-refractivity contribution in [2.75, 3.05) is 0 Å². The maximum atomic E-state index is 10.1. The van der Waals surface area contributed by atoms with E-state index in [0.717, 1.165) is 42.4 Å². The van der Waals surface area contributed by atoms with Gasteiger partial charge >= 0.3 is 0 Å². The zero-order valence-electron chi connectivity index (χ0n) is 11.3. The number of benzene rings is 2. The van der Waals surface area contributed by atoms with Gasteiger partial charge in [0.15, 0.2) is 11.5 Å². The summed E-state index contributed by atoms with van der Waals surface area (Å²) in [5, 5.41) is 19.8. The second-order valence-corrected chi connectivity index (χ2v) is 4.78. The van der Waals surface area contributed by atoms with Crippen LogP contribution < -0.4 is 0 Å². The predicted octanol–water partition coefficient (Wildman–Crippen LogP) is 4.50. The Labute approximate surface area is 114 Å². The largest absolute Gasteiger partial charge is 0.504 e. The van der Waals surface area contributed by atoms with Crippen LogP contribution >= 0.6 is 0 Å². The molecular formula is C17H20O2. The van der Waals surface area contributed by atoms with Crippen molar-refractivity contribution in [2.45, 2.75) is 32.6 Å². The van der Waals surface area contributed by atoms with Crippen molar-refractivity contribution in [3.63, 3.8) is 0 Å². The van der Waals surface area contributed by atoms with E-state index in [1.54, 1.807) is 6.07 Å². The zero-order chi connectivity index (χ0) is 13.7. The van der Waals surface area contributed by atoms with E-state index in [2.05, 4.69) is 6.92 Å². The highest BCUT2D eigenvalue weighted by Crippen LogP contribution is 2.37. The van der Waals surface area contributed by atoms with Gasteiger partial charge in [0.1, 0.15) is 0 Å². The van der Waals surface area contributed by atoms with Gasteiger partial charge < -0.3 is 10.2 Å². The van der Waals surface area contributed by atoms with Crippen LogP contribution in [0.4, 0.5) is 0 Å². The van der Waals surface area contributed by atoms with Crippen LogP contribution in [0.15, 0.2) is 42.5 Å². The smallest absolute Gasteiger partial charge is 0.161 e. The Bertz CT molecular complexity index is 532. The van der Waals surface area contributed by atoms with E-state index in [1.165, 1.54) is 0 Å². The number of hydrogen-bond donors (Lipinski definition) is 2. The van der Waals surface area contributed by atoms with E-state index >= 15 is 0 Å². The van der Waals surface area contributed by atoms with Gasteiger partial charge in [-0.1, -0.05) is 56.2 Å². The molecule has 2 nitrogen and oxygen atoms in total. The molecule has 0 aliphatic rings. The molecule has 0 aliphatic heterocycles. The fourth-order valence-electron chi connectivity index (χ4n) is 2.32. The minimum Gasteiger partial charge on any atom is -0.504 e. The monoisotopic (exact) mass is 256 g/mol. The molecule has 2 aromatic carbocycles. The number of hydrogen-bond acceptors (Lipinski definition) is 2. The van der Waals surface area contributed by atoms with Crippen LogP contribution in [0.25, 0.3) is 11.1 Å². The van der Waals surface area contributed by atoms with E-state index in [1.807, 2.05) is 36.4 Å². The summed E-state index contributed by atoms with van der Waals surface area (Å²) in [5.41, 5.74) is 2.93. The van der Waals surface area contributed by atoms with Gasteiger partial charge in [-0.15, -0.1) is 0 Å².